The Morgan fingerprint density at radius 2 is 1.82 bits per heavy atom. The summed E-state index contributed by atoms with van der Waals surface area (Å²) < 4.78 is 48.2. The lowest BCUT2D eigenvalue weighted by Crippen LogP contribution is -2.68. The van der Waals surface area contributed by atoms with E-state index < -0.39 is 12.2 Å². The van der Waals surface area contributed by atoms with Crippen LogP contribution in [-0.4, -0.2) is 23.8 Å². The number of hydrogen-bond acceptors (Lipinski definition) is 2. The summed E-state index contributed by atoms with van der Waals surface area (Å²) in [4.78, 5) is 3.53. The molecule has 6 heteroatoms. The van der Waals surface area contributed by atoms with Gasteiger partial charge in [0.1, 0.15) is 0 Å². The first-order valence-corrected chi connectivity index (χ1v) is 3.14. The molecule has 1 heterocycles. The Labute approximate surface area is 60.7 Å². The smallest absolute Gasteiger partial charge is 0.218 e. The van der Waals surface area contributed by atoms with Gasteiger partial charge in [0.2, 0.25) is 0 Å². The van der Waals surface area contributed by atoms with Crippen molar-refractivity contribution in [2.75, 3.05) is 6.54 Å². The molecule has 0 unspecified atom stereocenters. The summed E-state index contributed by atoms with van der Waals surface area (Å²) in [6.45, 7) is 1.40. The lowest BCUT2D eigenvalue weighted by atomic mass is 10.4. The molecule has 1 fully saturated rings. The third-order valence-corrected chi connectivity index (χ3v) is 1.31. The maximum atomic E-state index is 12.2. The van der Waals surface area contributed by atoms with Crippen molar-refractivity contribution in [3.05, 3.63) is 0 Å². The molecule has 2 nitrogen and oxygen atoms in total. The van der Waals surface area contributed by atoms with E-state index >= 15 is 0 Å². The van der Waals surface area contributed by atoms with Crippen molar-refractivity contribution >= 4 is 0 Å². The fraction of sp³-hybridized carbons (Fsp3) is 1.00. The van der Waals surface area contributed by atoms with E-state index in [1.54, 1.807) is 6.92 Å². The fourth-order valence-corrected chi connectivity index (χ4v) is 0.746. The Hall–Kier alpha value is -0.360. The summed E-state index contributed by atoms with van der Waals surface area (Å²) >= 11 is 0. The van der Waals surface area contributed by atoms with E-state index in [1.807, 2.05) is 0 Å². The van der Waals surface area contributed by atoms with Crippen LogP contribution >= 0.6 is 0 Å². The second-order valence-electron chi connectivity index (χ2n) is 2.25. The van der Waals surface area contributed by atoms with Crippen molar-refractivity contribution in [3.63, 3.8) is 0 Å². The summed E-state index contributed by atoms with van der Waals surface area (Å²) in [6, 6.07) is -4.14. The highest BCUT2D eigenvalue weighted by atomic mass is 19.3. The molecule has 0 aromatic heterocycles. The van der Waals surface area contributed by atoms with Crippen molar-refractivity contribution < 1.29 is 22.4 Å². The molecule has 0 aromatic rings. The number of halogens is 4. The third kappa shape index (κ3) is 1.10. The summed E-state index contributed by atoms with van der Waals surface area (Å²) in [7, 11) is 0. The minimum absolute atomic E-state index is 0.00694. The van der Waals surface area contributed by atoms with E-state index in [0.29, 0.717) is 6.42 Å². The molecule has 0 aliphatic carbocycles. The van der Waals surface area contributed by atoms with Crippen molar-refractivity contribution in [2.45, 2.75) is 25.5 Å². The second-order valence-corrected chi connectivity index (χ2v) is 2.25. The molecular formula is C5H7F4NO. The second kappa shape index (κ2) is 2.31. The summed E-state index contributed by atoms with van der Waals surface area (Å²) in [5, 5.41) is -0.00694. The molecule has 11 heavy (non-hydrogen) atoms. The molecular weight excluding hydrogens is 166 g/mol. The first-order valence-electron chi connectivity index (χ1n) is 3.14. The van der Waals surface area contributed by atoms with Crippen LogP contribution in [0.1, 0.15) is 13.3 Å². The molecule has 0 radical (unpaired) electrons. The molecule has 66 valence electrons. The average molecular weight is 173 g/mol. The zero-order valence-corrected chi connectivity index (χ0v) is 5.78. The van der Waals surface area contributed by atoms with E-state index in [9.17, 15) is 17.6 Å². The van der Waals surface area contributed by atoms with Gasteiger partial charge in [0.15, 0.2) is 0 Å². The minimum Gasteiger partial charge on any atom is -0.218 e. The SMILES string of the molecule is CCCN1OC(F)(F)C1(F)F. The largest absolute Gasteiger partial charge is 0.453 e. The zero-order valence-electron chi connectivity index (χ0n) is 5.78. The number of hydrogen-bond donors (Lipinski definition) is 0. The lowest BCUT2D eigenvalue weighted by Gasteiger charge is -2.44. The predicted molar refractivity (Wildman–Crippen MR) is 28.0 cm³/mol. The Kier molecular flexibility index (Phi) is 1.84. The quantitative estimate of drug-likeness (QED) is 0.466. The van der Waals surface area contributed by atoms with Gasteiger partial charge < -0.3 is 0 Å². The normalized spacial score (nSPS) is 28.1. The van der Waals surface area contributed by atoms with E-state index in [0.717, 1.165) is 0 Å². The van der Waals surface area contributed by atoms with Crippen molar-refractivity contribution in [1.29, 1.82) is 0 Å². The third-order valence-electron chi connectivity index (χ3n) is 1.31. The lowest BCUT2D eigenvalue weighted by molar-refractivity contribution is -0.592. The van der Waals surface area contributed by atoms with Crippen LogP contribution in [-0.2, 0) is 4.84 Å². The molecule has 0 spiro atoms. The molecule has 1 rings (SSSR count). The first kappa shape index (κ1) is 8.73. The molecule has 0 atom stereocenters. The number of alkyl halides is 4. The summed E-state index contributed by atoms with van der Waals surface area (Å²) in [5.74, 6) is 0. The highest BCUT2D eigenvalue weighted by molar-refractivity contribution is 4.81. The first-order chi connectivity index (χ1) is 4.92. The van der Waals surface area contributed by atoms with Crippen LogP contribution in [0.4, 0.5) is 17.6 Å². The summed E-state index contributed by atoms with van der Waals surface area (Å²) in [5.41, 5.74) is 0. The van der Waals surface area contributed by atoms with Gasteiger partial charge in [-0.25, -0.2) is 4.84 Å². The van der Waals surface area contributed by atoms with E-state index in [2.05, 4.69) is 4.84 Å². The number of rotatable bonds is 2. The Balaban J connectivity index is 2.54. The average Bonchev–Trinajstić information content (AvgIpc) is 1.87. The highest BCUT2D eigenvalue weighted by Gasteiger charge is 2.73. The standard InChI is InChI=1S/C5H7F4NO/c1-2-3-10-4(6,7)5(8,9)11-10/h2-3H2,1H3. The maximum absolute atomic E-state index is 12.2. The minimum atomic E-state index is -4.32. The van der Waals surface area contributed by atoms with Crippen LogP contribution in [0.3, 0.4) is 0 Å². The Morgan fingerprint density at radius 1 is 1.27 bits per heavy atom. The maximum Gasteiger partial charge on any atom is 0.453 e. The molecule has 1 saturated heterocycles. The number of nitrogens with zero attached hydrogens (tertiary/aromatic N) is 1. The van der Waals surface area contributed by atoms with Gasteiger partial charge in [0, 0.05) is 6.54 Å². The van der Waals surface area contributed by atoms with Crippen molar-refractivity contribution in [3.8, 4) is 0 Å². The molecule has 1 aliphatic heterocycles. The molecule has 0 saturated carbocycles. The van der Waals surface area contributed by atoms with E-state index in [-0.39, 0.29) is 11.6 Å². The van der Waals surface area contributed by atoms with Crippen LogP contribution in [0.2, 0.25) is 0 Å². The van der Waals surface area contributed by atoms with Gasteiger partial charge in [-0.3, -0.25) is 0 Å². The predicted octanol–water partition coefficient (Wildman–Crippen LogP) is 1.83. The van der Waals surface area contributed by atoms with Gasteiger partial charge in [0.25, 0.3) is 0 Å². The topological polar surface area (TPSA) is 12.5 Å². The number of hydroxylamine groups is 2. The van der Waals surface area contributed by atoms with Gasteiger partial charge >= 0.3 is 12.2 Å². The van der Waals surface area contributed by atoms with Crippen molar-refractivity contribution in [1.82, 2.24) is 5.06 Å². The monoisotopic (exact) mass is 173 g/mol. The van der Waals surface area contributed by atoms with E-state index in [4.69, 9.17) is 0 Å². The molecule has 0 amide bonds. The van der Waals surface area contributed by atoms with Gasteiger partial charge in [-0.15, -0.1) is 5.06 Å². The molecule has 0 bridgehead atoms. The van der Waals surface area contributed by atoms with Crippen LogP contribution < -0.4 is 0 Å². The highest BCUT2D eigenvalue weighted by Crippen LogP contribution is 2.48. The summed E-state index contributed by atoms with van der Waals surface area (Å²) in [6.07, 6.45) is -3.98. The van der Waals surface area contributed by atoms with Crippen LogP contribution in [0.25, 0.3) is 0 Å². The van der Waals surface area contributed by atoms with Gasteiger partial charge in [-0.2, -0.15) is 17.6 Å². The molecule has 0 N–H and O–H groups in total. The fourth-order valence-electron chi connectivity index (χ4n) is 0.746. The zero-order chi connectivity index (χ0) is 8.70. The van der Waals surface area contributed by atoms with Gasteiger partial charge in [-0.05, 0) is 6.42 Å². The Morgan fingerprint density at radius 3 is 2.09 bits per heavy atom. The van der Waals surface area contributed by atoms with E-state index in [1.165, 1.54) is 0 Å². The van der Waals surface area contributed by atoms with Crippen LogP contribution in [0.15, 0.2) is 0 Å². The molecule has 0 aromatic carbocycles. The van der Waals surface area contributed by atoms with Crippen molar-refractivity contribution in [2.24, 2.45) is 0 Å². The van der Waals surface area contributed by atoms with Gasteiger partial charge in [-0.1, -0.05) is 6.92 Å². The molecule has 1 aliphatic rings. The Bertz CT molecular complexity index is 161. The van der Waals surface area contributed by atoms with Gasteiger partial charge in [0.05, 0.1) is 0 Å². The van der Waals surface area contributed by atoms with Crippen LogP contribution in [0.5, 0.6) is 0 Å². The van der Waals surface area contributed by atoms with Crippen LogP contribution in [0, 0.1) is 0 Å².